The molecule has 0 aliphatic rings. The zero-order chi connectivity index (χ0) is 15.5. The molecule has 5 nitrogen and oxygen atoms in total. The van der Waals surface area contributed by atoms with E-state index >= 15 is 0 Å². The number of nitrogens with zero attached hydrogens (tertiary/aromatic N) is 3. The molecule has 0 bridgehead atoms. The summed E-state index contributed by atoms with van der Waals surface area (Å²) in [6.45, 7) is 0. The van der Waals surface area contributed by atoms with Crippen LogP contribution in [0.4, 0.5) is 10.2 Å². The fraction of sp³-hybridized carbons (Fsp3) is 0. The first-order valence-corrected chi connectivity index (χ1v) is 6.52. The number of nitrogens with one attached hydrogen (secondary N) is 1. The molecule has 2 heterocycles. The van der Waals surface area contributed by atoms with Crippen molar-refractivity contribution in [1.29, 1.82) is 5.41 Å². The second-order valence-electron chi connectivity index (χ2n) is 4.61. The summed E-state index contributed by atoms with van der Waals surface area (Å²) in [5, 5.41) is 7.42. The number of nitrogens with two attached hydrogens (primary N) is 1. The molecule has 0 radical (unpaired) electrons. The summed E-state index contributed by atoms with van der Waals surface area (Å²) in [6.07, 6.45) is 4.16. The first-order valence-electron chi connectivity index (χ1n) is 6.52. The van der Waals surface area contributed by atoms with E-state index in [1.807, 2.05) is 0 Å². The monoisotopic (exact) mass is 293 g/mol. The number of benzene rings is 1. The standard InChI is InChI=1S/C16H12FN5/c17-12-3-1-2-10(6-12)15-13(14-4-5-20-9-21-14)7-11(8-18)16(19)22-15/h1-9,18H,(H2,19,22). The van der Waals surface area contributed by atoms with Gasteiger partial charge in [0.2, 0.25) is 0 Å². The Morgan fingerprint density at radius 2 is 2.05 bits per heavy atom. The lowest BCUT2D eigenvalue weighted by Crippen LogP contribution is -2.01. The van der Waals surface area contributed by atoms with Gasteiger partial charge in [-0.25, -0.2) is 19.3 Å². The average Bonchev–Trinajstić information content (AvgIpc) is 2.55. The first kappa shape index (κ1) is 13.8. The molecule has 0 aliphatic heterocycles. The molecule has 0 saturated heterocycles. The highest BCUT2D eigenvalue weighted by atomic mass is 19.1. The van der Waals surface area contributed by atoms with Crippen LogP contribution >= 0.6 is 0 Å². The lowest BCUT2D eigenvalue weighted by atomic mass is 10.0. The summed E-state index contributed by atoms with van der Waals surface area (Å²) in [4.78, 5) is 12.4. The Hall–Kier alpha value is -3.15. The van der Waals surface area contributed by atoms with Gasteiger partial charge in [0.05, 0.1) is 11.4 Å². The summed E-state index contributed by atoms with van der Waals surface area (Å²) >= 11 is 0. The number of hydrogen-bond donors (Lipinski definition) is 2. The smallest absolute Gasteiger partial charge is 0.132 e. The van der Waals surface area contributed by atoms with Crippen LogP contribution in [-0.2, 0) is 0 Å². The molecule has 2 aromatic heterocycles. The summed E-state index contributed by atoms with van der Waals surface area (Å²) in [5.41, 5.74) is 8.75. The maximum Gasteiger partial charge on any atom is 0.132 e. The number of halogens is 1. The van der Waals surface area contributed by atoms with Crippen molar-refractivity contribution in [2.45, 2.75) is 0 Å². The summed E-state index contributed by atoms with van der Waals surface area (Å²) in [6, 6.07) is 9.55. The van der Waals surface area contributed by atoms with Crippen molar-refractivity contribution in [3.8, 4) is 22.5 Å². The number of rotatable bonds is 3. The van der Waals surface area contributed by atoms with Gasteiger partial charge in [-0.3, -0.25) is 0 Å². The lowest BCUT2D eigenvalue weighted by Gasteiger charge is -2.11. The van der Waals surface area contributed by atoms with Crippen LogP contribution in [0.1, 0.15) is 5.56 Å². The molecule has 1 aromatic carbocycles. The lowest BCUT2D eigenvalue weighted by molar-refractivity contribution is 0.628. The van der Waals surface area contributed by atoms with Crippen LogP contribution in [0.15, 0.2) is 48.9 Å². The largest absolute Gasteiger partial charge is 0.383 e. The third-order valence-electron chi connectivity index (χ3n) is 3.19. The average molecular weight is 293 g/mol. The molecule has 0 atom stereocenters. The van der Waals surface area contributed by atoms with Crippen LogP contribution in [0, 0.1) is 11.2 Å². The van der Waals surface area contributed by atoms with Crippen LogP contribution in [0.25, 0.3) is 22.5 Å². The predicted octanol–water partition coefficient (Wildman–Crippen LogP) is 2.92. The zero-order valence-electron chi connectivity index (χ0n) is 11.5. The highest BCUT2D eigenvalue weighted by Gasteiger charge is 2.14. The van der Waals surface area contributed by atoms with Crippen LogP contribution < -0.4 is 5.73 Å². The van der Waals surface area contributed by atoms with E-state index in [4.69, 9.17) is 11.1 Å². The number of pyridine rings is 1. The van der Waals surface area contributed by atoms with Crippen LogP contribution in [0.3, 0.4) is 0 Å². The van der Waals surface area contributed by atoms with Crippen molar-refractivity contribution in [3.05, 3.63) is 60.3 Å². The zero-order valence-corrected chi connectivity index (χ0v) is 11.5. The van der Waals surface area contributed by atoms with Crippen molar-refractivity contribution < 1.29 is 4.39 Å². The van der Waals surface area contributed by atoms with E-state index in [0.29, 0.717) is 28.1 Å². The van der Waals surface area contributed by atoms with Gasteiger partial charge in [-0.05, 0) is 24.3 Å². The molecule has 0 amide bonds. The molecule has 0 aliphatic carbocycles. The fourth-order valence-corrected chi connectivity index (χ4v) is 2.16. The quantitative estimate of drug-likeness (QED) is 0.727. The number of anilines is 1. The summed E-state index contributed by atoms with van der Waals surface area (Å²) < 4.78 is 13.5. The van der Waals surface area contributed by atoms with Crippen LogP contribution in [-0.4, -0.2) is 21.2 Å². The topological polar surface area (TPSA) is 88.5 Å². The number of hydrogen-bond acceptors (Lipinski definition) is 5. The van der Waals surface area contributed by atoms with Crippen LogP contribution in [0.5, 0.6) is 0 Å². The fourth-order valence-electron chi connectivity index (χ4n) is 2.16. The summed E-state index contributed by atoms with van der Waals surface area (Å²) in [7, 11) is 0. The normalized spacial score (nSPS) is 10.4. The highest BCUT2D eigenvalue weighted by molar-refractivity contribution is 5.90. The van der Waals surface area contributed by atoms with Gasteiger partial charge in [-0.1, -0.05) is 12.1 Å². The molecule has 0 fully saturated rings. The van der Waals surface area contributed by atoms with Gasteiger partial charge in [0.1, 0.15) is 18.0 Å². The predicted molar refractivity (Wildman–Crippen MR) is 83.0 cm³/mol. The SMILES string of the molecule is N=Cc1cc(-c2ccncn2)c(-c2cccc(F)c2)nc1N. The van der Waals surface area contributed by atoms with E-state index in [0.717, 1.165) is 6.21 Å². The van der Waals surface area contributed by atoms with E-state index in [-0.39, 0.29) is 11.6 Å². The van der Waals surface area contributed by atoms with Gasteiger partial charge >= 0.3 is 0 Å². The Labute approximate surface area is 126 Å². The third-order valence-corrected chi connectivity index (χ3v) is 3.19. The minimum atomic E-state index is -0.359. The Kier molecular flexibility index (Phi) is 3.57. The molecular weight excluding hydrogens is 281 g/mol. The van der Waals surface area contributed by atoms with Gasteiger partial charge < -0.3 is 11.1 Å². The maximum absolute atomic E-state index is 13.5. The van der Waals surface area contributed by atoms with E-state index < -0.39 is 0 Å². The second-order valence-corrected chi connectivity index (χ2v) is 4.61. The minimum Gasteiger partial charge on any atom is -0.383 e. The molecule has 3 aromatic rings. The number of nitrogen functional groups attached to an aromatic ring is 1. The van der Waals surface area contributed by atoms with E-state index in [2.05, 4.69) is 15.0 Å². The molecule has 6 heteroatoms. The molecule has 108 valence electrons. The maximum atomic E-state index is 13.5. The summed E-state index contributed by atoms with van der Waals surface area (Å²) in [5.74, 6) is -0.144. The number of aromatic nitrogens is 3. The molecule has 0 unspecified atom stereocenters. The Morgan fingerprint density at radius 3 is 2.73 bits per heavy atom. The van der Waals surface area contributed by atoms with E-state index in [1.54, 1.807) is 30.5 Å². The third kappa shape index (κ3) is 2.54. The van der Waals surface area contributed by atoms with Gasteiger partial charge in [-0.2, -0.15) is 0 Å². The molecule has 22 heavy (non-hydrogen) atoms. The molecule has 3 N–H and O–H groups in total. The Morgan fingerprint density at radius 1 is 1.18 bits per heavy atom. The van der Waals surface area contributed by atoms with Crippen molar-refractivity contribution in [1.82, 2.24) is 15.0 Å². The van der Waals surface area contributed by atoms with Gasteiger partial charge in [0, 0.05) is 29.1 Å². The van der Waals surface area contributed by atoms with Crippen molar-refractivity contribution in [3.63, 3.8) is 0 Å². The van der Waals surface area contributed by atoms with Crippen LogP contribution in [0.2, 0.25) is 0 Å². The first-order chi connectivity index (χ1) is 10.7. The Balaban J connectivity index is 2.29. The molecular formula is C16H12FN5. The molecule has 3 rings (SSSR count). The van der Waals surface area contributed by atoms with Gasteiger partial charge in [-0.15, -0.1) is 0 Å². The van der Waals surface area contributed by atoms with E-state index in [9.17, 15) is 4.39 Å². The van der Waals surface area contributed by atoms with Crippen molar-refractivity contribution in [2.24, 2.45) is 0 Å². The Bertz CT molecular complexity index is 833. The van der Waals surface area contributed by atoms with Gasteiger partial charge in [0.25, 0.3) is 0 Å². The minimum absolute atomic E-state index is 0.215. The van der Waals surface area contributed by atoms with E-state index in [1.165, 1.54) is 18.5 Å². The van der Waals surface area contributed by atoms with Crippen molar-refractivity contribution in [2.75, 3.05) is 5.73 Å². The molecule has 0 saturated carbocycles. The molecule has 0 spiro atoms. The van der Waals surface area contributed by atoms with Gasteiger partial charge in [0.15, 0.2) is 0 Å². The second kappa shape index (κ2) is 5.69. The highest BCUT2D eigenvalue weighted by Crippen LogP contribution is 2.31. The van der Waals surface area contributed by atoms with Crippen molar-refractivity contribution >= 4 is 12.0 Å².